The minimum absolute atomic E-state index is 0.357. The van der Waals surface area contributed by atoms with Gasteiger partial charge >= 0.3 is 6.18 Å². The summed E-state index contributed by atoms with van der Waals surface area (Å²) in [6, 6.07) is 10.5. The fraction of sp³-hybridized carbons (Fsp3) is 0.217. The fourth-order valence-corrected chi connectivity index (χ4v) is 3.20. The van der Waals surface area contributed by atoms with Crippen molar-refractivity contribution in [3.63, 3.8) is 0 Å². The summed E-state index contributed by atoms with van der Waals surface area (Å²) in [7, 11) is 0. The van der Waals surface area contributed by atoms with E-state index in [1.807, 2.05) is 12.1 Å². The number of halogens is 3. The molecule has 0 aliphatic carbocycles. The number of imidazole rings is 1. The Labute approximate surface area is 188 Å². The van der Waals surface area contributed by atoms with Crippen molar-refractivity contribution in [1.82, 2.24) is 24.9 Å². The molecule has 0 aliphatic heterocycles. The van der Waals surface area contributed by atoms with Crippen LogP contribution in [0.25, 0.3) is 22.6 Å². The van der Waals surface area contributed by atoms with Gasteiger partial charge in [0.05, 0.1) is 16.8 Å². The van der Waals surface area contributed by atoms with Crippen LogP contribution in [-0.2, 0) is 12.6 Å². The van der Waals surface area contributed by atoms with Gasteiger partial charge in [0.25, 0.3) is 0 Å². The van der Waals surface area contributed by atoms with Crippen molar-refractivity contribution in [1.29, 1.82) is 0 Å². The third-order valence-corrected chi connectivity index (χ3v) is 4.98. The Balaban J connectivity index is 1.44. The van der Waals surface area contributed by atoms with E-state index in [2.05, 4.69) is 54.6 Å². The number of aromatic nitrogens is 5. The molecular formula is C23H22F3N7. The lowest BCUT2D eigenvalue weighted by Crippen LogP contribution is -2.16. The number of H-pyrrole nitrogens is 1. The number of aryl methyl sites for hydroxylation is 1. The summed E-state index contributed by atoms with van der Waals surface area (Å²) in [5.41, 5.74) is 2.91. The molecule has 0 fully saturated rings. The number of benzene rings is 1. The first-order valence-electron chi connectivity index (χ1n) is 10.4. The minimum atomic E-state index is -4.40. The van der Waals surface area contributed by atoms with Crippen LogP contribution in [0.15, 0.2) is 61.2 Å². The molecule has 0 spiro atoms. The number of hydrogen-bond donors (Lipinski definition) is 3. The van der Waals surface area contributed by atoms with Gasteiger partial charge in [0.1, 0.15) is 11.6 Å². The standard InChI is InChI=1S/C23H22F3N7/c1-2-15-3-5-16(6-4-15)20-18(21-28-10-11-29-21)14-32-22(33-20)30-12-9-27-19-8-7-17(13-31-19)23(24,25)26/h3-8,10-11,13-14H,2,9,12H2,1H3,(H,27,31)(H,28,29)(H,30,32,33). The van der Waals surface area contributed by atoms with Crippen LogP contribution in [0.3, 0.4) is 0 Å². The molecule has 170 valence electrons. The number of nitrogens with zero attached hydrogens (tertiary/aromatic N) is 4. The highest BCUT2D eigenvalue weighted by molar-refractivity contribution is 5.77. The summed E-state index contributed by atoms with van der Waals surface area (Å²) in [4.78, 5) is 20.3. The summed E-state index contributed by atoms with van der Waals surface area (Å²) in [5.74, 6) is 1.46. The number of hydrogen-bond acceptors (Lipinski definition) is 6. The van der Waals surface area contributed by atoms with Gasteiger partial charge in [-0.05, 0) is 24.1 Å². The lowest BCUT2D eigenvalue weighted by Gasteiger charge is -2.12. The lowest BCUT2D eigenvalue weighted by atomic mass is 10.0. The smallest absolute Gasteiger partial charge is 0.368 e. The molecule has 0 radical (unpaired) electrons. The van der Waals surface area contributed by atoms with Gasteiger partial charge in [-0.25, -0.2) is 19.9 Å². The third kappa shape index (κ3) is 5.46. The maximum atomic E-state index is 12.6. The summed E-state index contributed by atoms with van der Waals surface area (Å²) >= 11 is 0. The Kier molecular flexibility index (Phi) is 6.53. The van der Waals surface area contributed by atoms with E-state index in [1.165, 1.54) is 11.6 Å². The van der Waals surface area contributed by atoms with Gasteiger partial charge in [-0.15, -0.1) is 0 Å². The van der Waals surface area contributed by atoms with Crippen molar-refractivity contribution in [3.05, 3.63) is 72.3 Å². The molecule has 33 heavy (non-hydrogen) atoms. The van der Waals surface area contributed by atoms with Crippen molar-refractivity contribution in [3.8, 4) is 22.6 Å². The van der Waals surface area contributed by atoms with Crippen LogP contribution in [0.5, 0.6) is 0 Å². The van der Waals surface area contributed by atoms with Gasteiger partial charge in [0, 0.05) is 43.4 Å². The number of nitrogens with one attached hydrogen (secondary N) is 3. The molecule has 0 saturated carbocycles. The second kappa shape index (κ2) is 9.68. The molecule has 0 amide bonds. The second-order valence-electron chi connectivity index (χ2n) is 7.23. The van der Waals surface area contributed by atoms with E-state index in [9.17, 15) is 13.2 Å². The monoisotopic (exact) mass is 453 g/mol. The Bertz CT molecular complexity index is 1170. The molecule has 0 aliphatic rings. The van der Waals surface area contributed by atoms with Gasteiger partial charge in [-0.3, -0.25) is 0 Å². The van der Waals surface area contributed by atoms with Gasteiger partial charge < -0.3 is 15.6 Å². The predicted octanol–water partition coefficient (Wildman–Crippen LogP) is 5.03. The van der Waals surface area contributed by atoms with Crippen LogP contribution in [0, 0.1) is 0 Å². The molecule has 7 nitrogen and oxygen atoms in total. The highest BCUT2D eigenvalue weighted by atomic mass is 19.4. The zero-order valence-corrected chi connectivity index (χ0v) is 17.8. The summed E-state index contributed by atoms with van der Waals surface area (Å²) in [5, 5.41) is 6.11. The van der Waals surface area contributed by atoms with Gasteiger partial charge in [-0.1, -0.05) is 31.2 Å². The molecule has 0 saturated heterocycles. The first-order valence-corrected chi connectivity index (χ1v) is 10.4. The Morgan fingerprint density at radius 2 is 1.70 bits per heavy atom. The average molecular weight is 453 g/mol. The first-order chi connectivity index (χ1) is 15.9. The minimum Gasteiger partial charge on any atom is -0.368 e. The summed E-state index contributed by atoms with van der Waals surface area (Å²) in [6.07, 6.45) is 2.48. The molecule has 4 rings (SSSR count). The zero-order valence-electron chi connectivity index (χ0n) is 17.8. The topological polar surface area (TPSA) is 91.4 Å². The Morgan fingerprint density at radius 3 is 2.33 bits per heavy atom. The number of pyridine rings is 1. The van der Waals surface area contributed by atoms with Crippen LogP contribution in [-0.4, -0.2) is 38.0 Å². The molecule has 0 bridgehead atoms. The van der Waals surface area contributed by atoms with Crippen molar-refractivity contribution in [2.45, 2.75) is 19.5 Å². The molecule has 3 aromatic heterocycles. The molecule has 10 heteroatoms. The normalized spacial score (nSPS) is 11.4. The van der Waals surface area contributed by atoms with E-state index in [4.69, 9.17) is 0 Å². The van der Waals surface area contributed by atoms with Crippen LogP contribution in [0.4, 0.5) is 24.9 Å². The molecule has 1 aromatic carbocycles. The van der Waals surface area contributed by atoms with E-state index in [0.717, 1.165) is 35.5 Å². The molecule has 0 atom stereocenters. The molecular weight excluding hydrogens is 431 g/mol. The highest BCUT2D eigenvalue weighted by Crippen LogP contribution is 2.30. The zero-order chi connectivity index (χ0) is 23.3. The summed E-state index contributed by atoms with van der Waals surface area (Å²) < 4.78 is 37.9. The van der Waals surface area contributed by atoms with E-state index >= 15 is 0 Å². The summed E-state index contributed by atoms with van der Waals surface area (Å²) in [6.45, 7) is 2.96. The molecule has 3 heterocycles. The highest BCUT2D eigenvalue weighted by Gasteiger charge is 2.30. The SMILES string of the molecule is CCc1ccc(-c2nc(NCCNc3ccc(C(F)(F)F)cn3)ncc2-c2ncc[nH]2)cc1. The van der Waals surface area contributed by atoms with Crippen LogP contribution in [0.1, 0.15) is 18.1 Å². The average Bonchev–Trinajstić information content (AvgIpc) is 3.36. The van der Waals surface area contributed by atoms with Gasteiger partial charge in [0.2, 0.25) is 5.95 Å². The lowest BCUT2D eigenvalue weighted by molar-refractivity contribution is -0.137. The van der Waals surface area contributed by atoms with E-state index < -0.39 is 11.7 Å². The largest absolute Gasteiger partial charge is 0.417 e. The van der Waals surface area contributed by atoms with E-state index in [1.54, 1.807) is 18.6 Å². The molecule has 3 N–H and O–H groups in total. The predicted molar refractivity (Wildman–Crippen MR) is 121 cm³/mol. The number of rotatable bonds is 8. The maximum absolute atomic E-state index is 12.6. The molecule has 0 unspecified atom stereocenters. The van der Waals surface area contributed by atoms with Crippen molar-refractivity contribution < 1.29 is 13.2 Å². The number of alkyl halides is 3. The van der Waals surface area contributed by atoms with Crippen LogP contribution >= 0.6 is 0 Å². The van der Waals surface area contributed by atoms with E-state index in [-0.39, 0.29) is 0 Å². The Hall–Kier alpha value is -3.95. The van der Waals surface area contributed by atoms with Crippen LogP contribution in [0.2, 0.25) is 0 Å². The quantitative estimate of drug-likeness (QED) is 0.324. The third-order valence-electron chi connectivity index (χ3n) is 4.98. The van der Waals surface area contributed by atoms with Gasteiger partial charge in [-0.2, -0.15) is 13.2 Å². The van der Waals surface area contributed by atoms with Crippen molar-refractivity contribution in [2.75, 3.05) is 23.7 Å². The second-order valence-corrected chi connectivity index (χ2v) is 7.23. The van der Waals surface area contributed by atoms with E-state index in [0.29, 0.717) is 30.7 Å². The van der Waals surface area contributed by atoms with Crippen LogP contribution < -0.4 is 10.6 Å². The Morgan fingerprint density at radius 1 is 0.909 bits per heavy atom. The number of anilines is 2. The first kappa shape index (κ1) is 22.3. The number of aromatic amines is 1. The fourth-order valence-electron chi connectivity index (χ4n) is 3.20. The molecule has 4 aromatic rings. The maximum Gasteiger partial charge on any atom is 0.417 e. The van der Waals surface area contributed by atoms with Gasteiger partial charge in [0.15, 0.2) is 0 Å². The van der Waals surface area contributed by atoms with Crippen molar-refractivity contribution in [2.24, 2.45) is 0 Å². The van der Waals surface area contributed by atoms with Crippen molar-refractivity contribution >= 4 is 11.8 Å².